The van der Waals surface area contributed by atoms with E-state index >= 15 is 0 Å². The number of carbonyl (C=O) groups is 1. The average molecular weight is 354 g/mol. The maximum Gasteiger partial charge on any atom is 0.293 e. The zero-order valence-electron chi connectivity index (χ0n) is 14.9. The fourth-order valence-electron chi connectivity index (χ4n) is 2.25. The lowest BCUT2D eigenvalue weighted by atomic mass is 10.2. The normalized spacial score (nSPS) is 10.7. The SMILES string of the molecule is CCCCOc1ccc(/C=C/C(=O)Nc2ccc(C)cc2[N+](=O)[O-])cc1. The topological polar surface area (TPSA) is 81.5 Å². The lowest BCUT2D eigenvalue weighted by Crippen LogP contribution is -2.09. The molecule has 0 radical (unpaired) electrons. The zero-order valence-corrected chi connectivity index (χ0v) is 14.9. The summed E-state index contributed by atoms with van der Waals surface area (Å²) in [6.07, 6.45) is 5.07. The fourth-order valence-corrected chi connectivity index (χ4v) is 2.25. The molecule has 0 aliphatic rings. The minimum atomic E-state index is -0.510. The Morgan fingerprint density at radius 1 is 1.23 bits per heavy atom. The van der Waals surface area contributed by atoms with Gasteiger partial charge in [0.25, 0.3) is 5.69 Å². The number of nitrogens with one attached hydrogen (secondary N) is 1. The van der Waals surface area contributed by atoms with Gasteiger partial charge in [-0.2, -0.15) is 0 Å². The van der Waals surface area contributed by atoms with Gasteiger partial charge in [0, 0.05) is 12.1 Å². The van der Waals surface area contributed by atoms with Crippen LogP contribution in [0.4, 0.5) is 11.4 Å². The van der Waals surface area contributed by atoms with Gasteiger partial charge in [-0.3, -0.25) is 14.9 Å². The van der Waals surface area contributed by atoms with Gasteiger partial charge in [0.15, 0.2) is 0 Å². The second-order valence-corrected chi connectivity index (χ2v) is 5.87. The highest BCUT2D eigenvalue weighted by Gasteiger charge is 2.14. The van der Waals surface area contributed by atoms with Crippen molar-refractivity contribution in [3.05, 3.63) is 69.8 Å². The molecule has 0 aliphatic carbocycles. The molecule has 0 atom stereocenters. The minimum Gasteiger partial charge on any atom is -0.494 e. The van der Waals surface area contributed by atoms with E-state index < -0.39 is 10.8 Å². The Morgan fingerprint density at radius 2 is 1.96 bits per heavy atom. The molecule has 0 aliphatic heterocycles. The number of benzene rings is 2. The van der Waals surface area contributed by atoms with E-state index in [4.69, 9.17) is 4.74 Å². The van der Waals surface area contributed by atoms with E-state index in [-0.39, 0.29) is 11.4 Å². The first kappa shape index (κ1) is 19.2. The molecule has 2 aromatic rings. The second kappa shape index (κ2) is 9.36. The smallest absolute Gasteiger partial charge is 0.293 e. The maximum atomic E-state index is 12.0. The first-order valence-corrected chi connectivity index (χ1v) is 8.46. The van der Waals surface area contributed by atoms with Crippen molar-refractivity contribution >= 4 is 23.4 Å². The van der Waals surface area contributed by atoms with E-state index in [1.165, 1.54) is 18.2 Å². The number of amides is 1. The summed E-state index contributed by atoms with van der Waals surface area (Å²) < 4.78 is 5.58. The van der Waals surface area contributed by atoms with Crippen molar-refractivity contribution in [2.45, 2.75) is 26.7 Å². The van der Waals surface area contributed by atoms with Gasteiger partial charge in [-0.25, -0.2) is 0 Å². The van der Waals surface area contributed by atoms with Crippen molar-refractivity contribution in [2.24, 2.45) is 0 Å². The molecule has 2 aromatic carbocycles. The third kappa shape index (κ3) is 5.73. The number of aryl methyl sites for hydroxylation is 1. The zero-order chi connectivity index (χ0) is 18.9. The predicted molar refractivity (Wildman–Crippen MR) is 102 cm³/mol. The summed E-state index contributed by atoms with van der Waals surface area (Å²) in [6, 6.07) is 12.1. The third-order valence-electron chi connectivity index (χ3n) is 3.68. The van der Waals surface area contributed by atoms with Crippen LogP contribution in [0.2, 0.25) is 0 Å². The summed E-state index contributed by atoms with van der Waals surface area (Å²) in [6.45, 7) is 4.55. The van der Waals surface area contributed by atoms with Gasteiger partial charge in [0.2, 0.25) is 5.91 Å². The summed E-state index contributed by atoms with van der Waals surface area (Å²) in [5, 5.41) is 13.6. The van der Waals surface area contributed by atoms with Gasteiger partial charge in [-0.05, 0) is 48.7 Å². The number of hydrogen-bond acceptors (Lipinski definition) is 4. The molecule has 0 bridgehead atoms. The van der Waals surface area contributed by atoms with Crippen LogP contribution in [-0.4, -0.2) is 17.4 Å². The van der Waals surface area contributed by atoms with E-state index in [1.54, 1.807) is 19.1 Å². The quantitative estimate of drug-likeness (QED) is 0.321. The summed E-state index contributed by atoms with van der Waals surface area (Å²) in [5.74, 6) is 0.357. The molecular formula is C20H22N2O4. The van der Waals surface area contributed by atoms with Crippen molar-refractivity contribution in [1.29, 1.82) is 0 Å². The summed E-state index contributed by atoms with van der Waals surface area (Å²) >= 11 is 0. The molecule has 0 aromatic heterocycles. The molecule has 1 N–H and O–H groups in total. The molecular weight excluding hydrogens is 332 g/mol. The first-order valence-electron chi connectivity index (χ1n) is 8.46. The number of carbonyl (C=O) groups excluding carboxylic acids is 1. The van der Waals surface area contributed by atoms with E-state index in [1.807, 2.05) is 24.3 Å². The Bertz CT molecular complexity index is 798. The highest BCUT2D eigenvalue weighted by Crippen LogP contribution is 2.25. The number of unbranched alkanes of at least 4 members (excludes halogenated alkanes) is 1. The molecule has 6 heteroatoms. The Balaban J connectivity index is 1.98. The van der Waals surface area contributed by atoms with Crippen molar-refractivity contribution in [3.63, 3.8) is 0 Å². The molecule has 0 saturated carbocycles. The summed E-state index contributed by atoms with van der Waals surface area (Å²) in [5.41, 5.74) is 1.64. The Hall–Kier alpha value is -3.15. The molecule has 1 amide bonds. The van der Waals surface area contributed by atoms with Crippen molar-refractivity contribution in [2.75, 3.05) is 11.9 Å². The lowest BCUT2D eigenvalue weighted by molar-refractivity contribution is -0.384. The van der Waals surface area contributed by atoms with Crippen LogP contribution in [-0.2, 0) is 4.79 Å². The fraction of sp³-hybridized carbons (Fsp3) is 0.250. The van der Waals surface area contributed by atoms with E-state index in [0.717, 1.165) is 29.7 Å². The summed E-state index contributed by atoms with van der Waals surface area (Å²) in [4.78, 5) is 22.6. The standard InChI is InChI=1S/C20H22N2O4/c1-3-4-13-26-17-9-6-16(7-10-17)8-12-20(23)21-18-11-5-15(2)14-19(18)22(24)25/h5-12,14H,3-4,13H2,1-2H3,(H,21,23)/b12-8+. The van der Waals surface area contributed by atoms with Gasteiger partial charge >= 0.3 is 0 Å². The highest BCUT2D eigenvalue weighted by molar-refractivity contribution is 6.03. The number of nitrogens with zero attached hydrogens (tertiary/aromatic N) is 1. The molecule has 136 valence electrons. The first-order chi connectivity index (χ1) is 12.5. The van der Waals surface area contributed by atoms with E-state index in [2.05, 4.69) is 12.2 Å². The van der Waals surface area contributed by atoms with Crippen LogP contribution < -0.4 is 10.1 Å². The molecule has 0 fully saturated rings. The van der Waals surface area contributed by atoms with Crippen LogP contribution in [0, 0.1) is 17.0 Å². The number of ether oxygens (including phenoxy) is 1. The van der Waals surface area contributed by atoms with Crippen molar-refractivity contribution in [1.82, 2.24) is 0 Å². The van der Waals surface area contributed by atoms with E-state index in [0.29, 0.717) is 6.61 Å². The van der Waals surface area contributed by atoms with Crippen LogP contribution in [0.5, 0.6) is 5.75 Å². The Kier molecular flexibility index (Phi) is 6.91. The molecule has 0 saturated heterocycles. The van der Waals surface area contributed by atoms with Crippen LogP contribution in [0.1, 0.15) is 30.9 Å². The highest BCUT2D eigenvalue weighted by atomic mass is 16.6. The van der Waals surface area contributed by atoms with Gasteiger partial charge in [0.05, 0.1) is 11.5 Å². The molecule has 2 rings (SSSR count). The number of nitro benzene ring substituents is 1. The second-order valence-electron chi connectivity index (χ2n) is 5.87. The lowest BCUT2D eigenvalue weighted by Gasteiger charge is -2.05. The molecule has 6 nitrogen and oxygen atoms in total. The van der Waals surface area contributed by atoms with E-state index in [9.17, 15) is 14.9 Å². The average Bonchev–Trinajstić information content (AvgIpc) is 2.62. The third-order valence-corrected chi connectivity index (χ3v) is 3.68. The van der Waals surface area contributed by atoms with Gasteiger partial charge in [-0.15, -0.1) is 0 Å². The summed E-state index contributed by atoms with van der Waals surface area (Å²) in [7, 11) is 0. The van der Waals surface area contributed by atoms with Crippen molar-refractivity contribution in [3.8, 4) is 5.75 Å². The monoisotopic (exact) mass is 354 g/mol. The number of rotatable bonds is 8. The van der Waals surface area contributed by atoms with Crippen LogP contribution >= 0.6 is 0 Å². The minimum absolute atomic E-state index is 0.125. The number of anilines is 1. The van der Waals surface area contributed by atoms with Gasteiger partial charge < -0.3 is 10.1 Å². The molecule has 26 heavy (non-hydrogen) atoms. The Morgan fingerprint density at radius 3 is 2.62 bits per heavy atom. The van der Waals surface area contributed by atoms with Gasteiger partial charge in [0.1, 0.15) is 11.4 Å². The molecule has 0 spiro atoms. The Labute approximate surface area is 152 Å². The van der Waals surface area contributed by atoms with Crippen molar-refractivity contribution < 1.29 is 14.5 Å². The maximum absolute atomic E-state index is 12.0. The van der Waals surface area contributed by atoms with Crippen LogP contribution in [0.15, 0.2) is 48.5 Å². The van der Waals surface area contributed by atoms with Crippen LogP contribution in [0.3, 0.4) is 0 Å². The molecule has 0 heterocycles. The largest absolute Gasteiger partial charge is 0.494 e. The number of hydrogen-bond donors (Lipinski definition) is 1. The van der Waals surface area contributed by atoms with Crippen LogP contribution in [0.25, 0.3) is 6.08 Å². The molecule has 0 unspecified atom stereocenters. The van der Waals surface area contributed by atoms with Gasteiger partial charge in [-0.1, -0.05) is 31.5 Å². The number of nitro groups is 1. The predicted octanol–water partition coefficient (Wildman–Crippen LogP) is 4.73.